The number of aromatic nitrogens is 2. The first-order valence-electron chi connectivity index (χ1n) is 8.10. The predicted molar refractivity (Wildman–Crippen MR) is 104 cm³/mol. The summed E-state index contributed by atoms with van der Waals surface area (Å²) in [5.74, 6) is -0.506. The lowest BCUT2D eigenvalue weighted by atomic mass is 10.2. The molecule has 3 aromatic rings. The van der Waals surface area contributed by atoms with E-state index in [1.807, 2.05) is 0 Å². The fraction of sp³-hybridized carbons (Fsp3) is 0.0556. The zero-order valence-corrected chi connectivity index (χ0v) is 15.8. The summed E-state index contributed by atoms with van der Waals surface area (Å²) < 4.78 is 28.6. The lowest BCUT2D eigenvalue weighted by Gasteiger charge is -2.00. The number of nitro benzene ring substituents is 1. The Balaban J connectivity index is 1.68. The Labute approximate surface area is 165 Å². The summed E-state index contributed by atoms with van der Waals surface area (Å²) in [7, 11) is -3.39. The fourth-order valence-corrected chi connectivity index (χ4v) is 2.94. The summed E-state index contributed by atoms with van der Waals surface area (Å²) in [5.41, 5.74) is 0.932. The number of hydrogen-bond donors (Lipinski definition) is 1. The summed E-state index contributed by atoms with van der Waals surface area (Å²) in [6, 6.07) is 11.5. The van der Waals surface area contributed by atoms with E-state index in [1.165, 1.54) is 48.6 Å². The third-order valence-corrected chi connectivity index (χ3v) is 4.81. The van der Waals surface area contributed by atoms with Gasteiger partial charge in [0.1, 0.15) is 0 Å². The van der Waals surface area contributed by atoms with Gasteiger partial charge in [0.25, 0.3) is 11.6 Å². The molecule has 10 nitrogen and oxygen atoms in total. The molecule has 1 heterocycles. The first kappa shape index (κ1) is 19.9. The van der Waals surface area contributed by atoms with E-state index in [2.05, 4.69) is 15.5 Å². The van der Waals surface area contributed by atoms with Crippen LogP contribution in [0, 0.1) is 10.1 Å². The maximum absolute atomic E-state index is 12.0. The average Bonchev–Trinajstić information content (AvgIpc) is 3.14. The molecule has 0 saturated carbocycles. The van der Waals surface area contributed by atoms with Crippen LogP contribution in [0.4, 0.5) is 11.7 Å². The summed E-state index contributed by atoms with van der Waals surface area (Å²) >= 11 is 0. The Hall–Kier alpha value is -3.86. The van der Waals surface area contributed by atoms with Crippen LogP contribution in [0.2, 0.25) is 0 Å². The minimum atomic E-state index is -3.39. The first-order valence-corrected chi connectivity index (χ1v) is 9.99. The van der Waals surface area contributed by atoms with Crippen molar-refractivity contribution in [2.75, 3.05) is 11.6 Å². The first-order chi connectivity index (χ1) is 13.7. The molecule has 0 aliphatic rings. The summed E-state index contributed by atoms with van der Waals surface area (Å²) in [6.07, 6.45) is 3.75. The third kappa shape index (κ3) is 5.11. The Morgan fingerprint density at radius 2 is 1.90 bits per heavy atom. The number of rotatable bonds is 6. The average molecular weight is 414 g/mol. The second kappa shape index (κ2) is 8.02. The number of carbonyl (C=O) groups excluding carboxylic acids is 1. The van der Waals surface area contributed by atoms with Crippen LogP contribution in [0.15, 0.2) is 63.9 Å². The third-order valence-electron chi connectivity index (χ3n) is 3.70. The van der Waals surface area contributed by atoms with Crippen LogP contribution in [-0.2, 0) is 14.6 Å². The normalized spacial score (nSPS) is 11.5. The van der Waals surface area contributed by atoms with Crippen molar-refractivity contribution >= 4 is 33.5 Å². The SMILES string of the molecule is CS(=O)(=O)c1cccc(-c2nnc(NC(=O)/C=C\c3ccc([N+](=O)[O-])cc3)o2)c1. The molecule has 0 unspecified atom stereocenters. The minimum absolute atomic E-state index is 0.0464. The number of hydrogen-bond acceptors (Lipinski definition) is 8. The number of nitro groups is 1. The van der Waals surface area contributed by atoms with E-state index in [4.69, 9.17) is 4.42 Å². The Bertz CT molecular complexity index is 1200. The van der Waals surface area contributed by atoms with Gasteiger partial charge >= 0.3 is 6.01 Å². The van der Waals surface area contributed by atoms with Crippen molar-refractivity contribution < 1.29 is 22.6 Å². The summed E-state index contributed by atoms with van der Waals surface area (Å²) in [4.78, 5) is 22.2. The van der Waals surface area contributed by atoms with Crippen LogP contribution in [0.1, 0.15) is 5.56 Å². The molecule has 29 heavy (non-hydrogen) atoms. The predicted octanol–water partition coefficient (Wildman–Crippen LogP) is 2.70. The van der Waals surface area contributed by atoms with Gasteiger partial charge in [-0.25, -0.2) is 8.42 Å². The molecule has 0 spiro atoms. The summed E-state index contributed by atoms with van der Waals surface area (Å²) in [6.45, 7) is 0. The number of carbonyl (C=O) groups is 1. The molecule has 0 bridgehead atoms. The molecular formula is C18H14N4O6S. The molecule has 1 aromatic heterocycles. The molecule has 0 fully saturated rings. The molecule has 0 aliphatic heterocycles. The number of nitrogens with one attached hydrogen (secondary N) is 1. The maximum atomic E-state index is 12.0. The van der Waals surface area contributed by atoms with E-state index < -0.39 is 20.7 Å². The Morgan fingerprint density at radius 3 is 2.55 bits per heavy atom. The van der Waals surface area contributed by atoms with Gasteiger partial charge in [0.05, 0.1) is 9.82 Å². The summed E-state index contributed by atoms with van der Waals surface area (Å²) in [5, 5.41) is 20.5. The van der Waals surface area contributed by atoms with Crippen molar-refractivity contribution in [2.45, 2.75) is 4.90 Å². The molecule has 1 N–H and O–H groups in total. The lowest BCUT2D eigenvalue weighted by Crippen LogP contribution is -2.07. The van der Waals surface area contributed by atoms with E-state index in [0.29, 0.717) is 11.1 Å². The second-order valence-electron chi connectivity index (χ2n) is 5.88. The number of non-ortho nitro benzene ring substituents is 1. The molecule has 0 aliphatic carbocycles. The van der Waals surface area contributed by atoms with Crippen LogP contribution in [0.5, 0.6) is 0 Å². The molecule has 0 radical (unpaired) electrons. The van der Waals surface area contributed by atoms with Crippen LogP contribution in [-0.4, -0.2) is 35.7 Å². The molecule has 0 saturated heterocycles. The topological polar surface area (TPSA) is 145 Å². The standard InChI is InChI=1S/C18H14N4O6S/c1-29(26,27)15-4-2-3-13(11-15)17-20-21-18(28-17)19-16(23)10-7-12-5-8-14(9-6-12)22(24)25/h2-11H,1H3,(H,19,21,23)/b10-7-. The monoisotopic (exact) mass is 414 g/mol. The Morgan fingerprint density at radius 1 is 1.17 bits per heavy atom. The lowest BCUT2D eigenvalue weighted by molar-refractivity contribution is -0.384. The molecule has 2 aromatic carbocycles. The highest BCUT2D eigenvalue weighted by Crippen LogP contribution is 2.22. The zero-order valence-electron chi connectivity index (χ0n) is 15.0. The van der Waals surface area contributed by atoms with Crippen molar-refractivity contribution in [3.8, 4) is 11.5 Å². The van der Waals surface area contributed by atoms with Gasteiger partial charge < -0.3 is 4.42 Å². The molecule has 3 rings (SSSR count). The highest BCUT2D eigenvalue weighted by atomic mass is 32.2. The quantitative estimate of drug-likeness (QED) is 0.368. The van der Waals surface area contributed by atoms with Gasteiger partial charge in [-0.2, -0.15) is 0 Å². The highest BCUT2D eigenvalue weighted by molar-refractivity contribution is 7.90. The van der Waals surface area contributed by atoms with Gasteiger partial charge in [0.15, 0.2) is 9.84 Å². The van der Waals surface area contributed by atoms with Gasteiger partial charge in [-0.1, -0.05) is 11.2 Å². The van der Waals surface area contributed by atoms with Gasteiger partial charge in [0, 0.05) is 30.0 Å². The number of sulfone groups is 1. The second-order valence-corrected chi connectivity index (χ2v) is 7.90. The van der Waals surface area contributed by atoms with E-state index in [9.17, 15) is 23.3 Å². The van der Waals surface area contributed by atoms with Gasteiger partial charge in [-0.15, -0.1) is 5.10 Å². The van der Waals surface area contributed by atoms with Gasteiger partial charge in [-0.05, 0) is 42.0 Å². The molecule has 11 heteroatoms. The van der Waals surface area contributed by atoms with E-state index in [0.717, 1.165) is 6.26 Å². The van der Waals surface area contributed by atoms with Crippen molar-refractivity contribution in [3.05, 3.63) is 70.3 Å². The minimum Gasteiger partial charge on any atom is -0.403 e. The molecule has 1 amide bonds. The van der Waals surface area contributed by atoms with Crippen LogP contribution in [0.3, 0.4) is 0 Å². The smallest absolute Gasteiger partial charge is 0.322 e. The largest absolute Gasteiger partial charge is 0.403 e. The fourth-order valence-electron chi connectivity index (χ4n) is 2.28. The van der Waals surface area contributed by atoms with Gasteiger partial charge in [0.2, 0.25) is 5.89 Å². The number of amides is 1. The van der Waals surface area contributed by atoms with E-state index in [-0.39, 0.29) is 22.5 Å². The highest BCUT2D eigenvalue weighted by Gasteiger charge is 2.13. The molecule has 148 valence electrons. The number of nitrogens with zero attached hydrogens (tertiary/aromatic N) is 3. The van der Waals surface area contributed by atoms with Crippen molar-refractivity contribution in [3.63, 3.8) is 0 Å². The van der Waals surface area contributed by atoms with Crippen molar-refractivity contribution in [2.24, 2.45) is 0 Å². The Kier molecular flexibility index (Phi) is 5.50. The van der Waals surface area contributed by atoms with Crippen LogP contribution >= 0.6 is 0 Å². The maximum Gasteiger partial charge on any atom is 0.322 e. The number of benzene rings is 2. The van der Waals surface area contributed by atoms with Crippen LogP contribution < -0.4 is 5.32 Å². The van der Waals surface area contributed by atoms with E-state index >= 15 is 0 Å². The van der Waals surface area contributed by atoms with E-state index in [1.54, 1.807) is 12.1 Å². The van der Waals surface area contributed by atoms with Gasteiger partial charge in [-0.3, -0.25) is 20.2 Å². The zero-order chi connectivity index (χ0) is 21.0. The van der Waals surface area contributed by atoms with Crippen LogP contribution in [0.25, 0.3) is 17.5 Å². The van der Waals surface area contributed by atoms with Crippen molar-refractivity contribution in [1.82, 2.24) is 10.2 Å². The molecule has 0 atom stereocenters. The molecular weight excluding hydrogens is 400 g/mol. The van der Waals surface area contributed by atoms with Crippen molar-refractivity contribution in [1.29, 1.82) is 0 Å². The number of anilines is 1.